The van der Waals surface area contributed by atoms with Gasteiger partial charge in [0, 0.05) is 0 Å². The molecule has 0 atom stereocenters. The van der Waals surface area contributed by atoms with Crippen molar-refractivity contribution in [2.45, 2.75) is 11.8 Å². The number of benzene rings is 2. The standard InChI is InChI=1S/C14H10F2N2O2S/c1-9-5-6-10(8-17)7-13(9)21(19,20)18-12-4-2-3-11(15)14(12)16/h2-7,18H,1H3. The number of hydrogen-bond donors (Lipinski definition) is 1. The number of nitriles is 1. The largest absolute Gasteiger partial charge is 0.277 e. The van der Waals surface area contributed by atoms with Gasteiger partial charge < -0.3 is 0 Å². The predicted molar refractivity (Wildman–Crippen MR) is 73.1 cm³/mol. The highest BCUT2D eigenvalue weighted by molar-refractivity contribution is 7.92. The smallest absolute Gasteiger partial charge is 0.262 e. The van der Waals surface area contributed by atoms with E-state index in [1.807, 2.05) is 10.8 Å². The first-order valence-electron chi connectivity index (χ1n) is 5.83. The van der Waals surface area contributed by atoms with Gasteiger partial charge in [-0.2, -0.15) is 5.26 Å². The van der Waals surface area contributed by atoms with E-state index in [4.69, 9.17) is 5.26 Å². The molecular formula is C14H10F2N2O2S. The average molecular weight is 308 g/mol. The van der Waals surface area contributed by atoms with E-state index in [0.29, 0.717) is 5.56 Å². The van der Waals surface area contributed by atoms with Gasteiger partial charge in [0.2, 0.25) is 0 Å². The van der Waals surface area contributed by atoms with Crippen LogP contribution < -0.4 is 4.72 Å². The highest BCUT2D eigenvalue weighted by atomic mass is 32.2. The molecule has 7 heteroatoms. The molecule has 2 rings (SSSR count). The molecule has 21 heavy (non-hydrogen) atoms. The minimum absolute atomic E-state index is 0.153. The predicted octanol–water partition coefficient (Wildman–Crippen LogP) is 2.95. The first-order valence-corrected chi connectivity index (χ1v) is 7.31. The quantitative estimate of drug-likeness (QED) is 0.947. The molecule has 0 radical (unpaired) electrons. The zero-order valence-corrected chi connectivity index (χ0v) is 11.7. The molecule has 1 N–H and O–H groups in total. The summed E-state index contributed by atoms with van der Waals surface area (Å²) in [5.41, 5.74) is 0.0516. The molecule has 0 aliphatic heterocycles. The van der Waals surface area contributed by atoms with Crippen molar-refractivity contribution in [1.82, 2.24) is 0 Å². The van der Waals surface area contributed by atoms with E-state index >= 15 is 0 Å². The fraction of sp³-hybridized carbons (Fsp3) is 0.0714. The van der Waals surface area contributed by atoms with E-state index in [1.165, 1.54) is 31.2 Å². The highest BCUT2D eigenvalue weighted by Crippen LogP contribution is 2.23. The third-order valence-electron chi connectivity index (χ3n) is 2.80. The van der Waals surface area contributed by atoms with Gasteiger partial charge in [0.05, 0.1) is 22.2 Å². The zero-order valence-electron chi connectivity index (χ0n) is 10.9. The summed E-state index contributed by atoms with van der Waals surface area (Å²) in [5.74, 6) is -2.44. The fourth-order valence-corrected chi connectivity index (χ4v) is 3.07. The maximum Gasteiger partial charge on any atom is 0.262 e. The Balaban J connectivity index is 2.49. The molecule has 0 aliphatic rings. The molecule has 0 saturated carbocycles. The molecule has 0 aromatic heterocycles. The Morgan fingerprint density at radius 2 is 1.90 bits per heavy atom. The van der Waals surface area contributed by atoms with Crippen LogP contribution in [0.4, 0.5) is 14.5 Å². The van der Waals surface area contributed by atoms with Crippen LogP contribution in [0, 0.1) is 29.9 Å². The van der Waals surface area contributed by atoms with Gasteiger partial charge in [0.25, 0.3) is 10.0 Å². The molecule has 0 unspecified atom stereocenters. The molecule has 0 spiro atoms. The number of nitrogens with one attached hydrogen (secondary N) is 1. The number of nitrogens with zero attached hydrogens (tertiary/aromatic N) is 1. The molecule has 2 aromatic carbocycles. The van der Waals surface area contributed by atoms with E-state index in [1.54, 1.807) is 0 Å². The number of halogens is 2. The van der Waals surface area contributed by atoms with Gasteiger partial charge in [-0.1, -0.05) is 12.1 Å². The second-order valence-corrected chi connectivity index (χ2v) is 5.95. The topological polar surface area (TPSA) is 70.0 Å². The Morgan fingerprint density at radius 1 is 1.19 bits per heavy atom. The van der Waals surface area contributed by atoms with Gasteiger partial charge >= 0.3 is 0 Å². The third kappa shape index (κ3) is 3.01. The number of aryl methyl sites for hydroxylation is 1. The van der Waals surface area contributed by atoms with Gasteiger partial charge in [-0.3, -0.25) is 4.72 Å². The Labute approximate surface area is 120 Å². The third-order valence-corrected chi connectivity index (χ3v) is 4.31. The lowest BCUT2D eigenvalue weighted by atomic mass is 10.2. The van der Waals surface area contributed by atoms with Crippen molar-refractivity contribution in [3.8, 4) is 6.07 Å². The minimum atomic E-state index is -4.12. The molecule has 0 amide bonds. The van der Waals surface area contributed by atoms with E-state index in [9.17, 15) is 17.2 Å². The van der Waals surface area contributed by atoms with Crippen molar-refractivity contribution in [3.05, 3.63) is 59.2 Å². The summed E-state index contributed by atoms with van der Waals surface area (Å²) in [7, 11) is -4.12. The first kappa shape index (κ1) is 14.9. The molecule has 0 fully saturated rings. The van der Waals surface area contributed by atoms with Gasteiger partial charge in [-0.15, -0.1) is 0 Å². The van der Waals surface area contributed by atoms with E-state index in [-0.39, 0.29) is 10.5 Å². The highest BCUT2D eigenvalue weighted by Gasteiger charge is 2.20. The number of sulfonamides is 1. The van der Waals surface area contributed by atoms with Crippen molar-refractivity contribution in [2.75, 3.05) is 4.72 Å². The summed E-state index contributed by atoms with van der Waals surface area (Å²) in [6.45, 7) is 1.54. The summed E-state index contributed by atoms with van der Waals surface area (Å²) in [4.78, 5) is -0.162. The first-order chi connectivity index (χ1) is 9.85. The molecule has 0 aliphatic carbocycles. The van der Waals surface area contributed by atoms with Gasteiger partial charge in [-0.05, 0) is 36.8 Å². The molecule has 108 valence electrons. The summed E-state index contributed by atoms with van der Waals surface area (Å²) in [5, 5.41) is 8.81. The molecule has 4 nitrogen and oxygen atoms in total. The van der Waals surface area contributed by atoms with Crippen LogP contribution in [0.15, 0.2) is 41.3 Å². The maximum atomic E-state index is 13.5. The lowest BCUT2D eigenvalue weighted by Gasteiger charge is -2.11. The van der Waals surface area contributed by atoms with Crippen LogP contribution in [0.25, 0.3) is 0 Å². The second kappa shape index (κ2) is 5.50. The Bertz CT molecular complexity index is 843. The van der Waals surface area contributed by atoms with E-state index in [0.717, 1.165) is 12.1 Å². The minimum Gasteiger partial charge on any atom is -0.277 e. The van der Waals surface area contributed by atoms with Crippen molar-refractivity contribution in [2.24, 2.45) is 0 Å². The number of rotatable bonds is 3. The Hall–Kier alpha value is -2.46. The van der Waals surface area contributed by atoms with Gasteiger partial charge in [0.1, 0.15) is 0 Å². The van der Waals surface area contributed by atoms with E-state index in [2.05, 4.69) is 0 Å². The Kier molecular flexibility index (Phi) is 3.91. The molecule has 0 heterocycles. The van der Waals surface area contributed by atoms with Crippen LogP contribution in [0.5, 0.6) is 0 Å². The van der Waals surface area contributed by atoms with E-state index < -0.39 is 27.3 Å². The van der Waals surface area contributed by atoms with Gasteiger partial charge in [-0.25, -0.2) is 17.2 Å². The molecule has 0 saturated heterocycles. The zero-order chi connectivity index (χ0) is 15.6. The Morgan fingerprint density at radius 3 is 2.57 bits per heavy atom. The lowest BCUT2D eigenvalue weighted by molar-refractivity contribution is 0.511. The van der Waals surface area contributed by atoms with Crippen LogP contribution in [-0.4, -0.2) is 8.42 Å². The van der Waals surface area contributed by atoms with Crippen LogP contribution in [-0.2, 0) is 10.0 Å². The van der Waals surface area contributed by atoms with Crippen LogP contribution >= 0.6 is 0 Å². The summed E-state index contributed by atoms with van der Waals surface area (Å²) < 4.78 is 53.1. The van der Waals surface area contributed by atoms with Crippen molar-refractivity contribution in [3.63, 3.8) is 0 Å². The summed E-state index contributed by atoms with van der Waals surface area (Å²) >= 11 is 0. The molecular weight excluding hydrogens is 298 g/mol. The maximum absolute atomic E-state index is 13.5. The van der Waals surface area contributed by atoms with Crippen LogP contribution in [0.2, 0.25) is 0 Å². The number of anilines is 1. The summed E-state index contributed by atoms with van der Waals surface area (Å²) in [6, 6.07) is 9.12. The van der Waals surface area contributed by atoms with Crippen LogP contribution in [0.1, 0.15) is 11.1 Å². The monoisotopic (exact) mass is 308 g/mol. The van der Waals surface area contributed by atoms with Crippen LogP contribution in [0.3, 0.4) is 0 Å². The lowest BCUT2D eigenvalue weighted by Crippen LogP contribution is -2.15. The normalized spacial score (nSPS) is 11.0. The van der Waals surface area contributed by atoms with Crippen molar-refractivity contribution < 1.29 is 17.2 Å². The van der Waals surface area contributed by atoms with Crippen molar-refractivity contribution in [1.29, 1.82) is 5.26 Å². The fourth-order valence-electron chi connectivity index (χ4n) is 1.74. The van der Waals surface area contributed by atoms with Gasteiger partial charge in [0.15, 0.2) is 11.6 Å². The van der Waals surface area contributed by atoms with Crippen molar-refractivity contribution >= 4 is 15.7 Å². The SMILES string of the molecule is Cc1ccc(C#N)cc1S(=O)(=O)Nc1cccc(F)c1F. The average Bonchev–Trinajstić information content (AvgIpc) is 2.44. The second-order valence-electron chi connectivity index (χ2n) is 4.30. The molecule has 0 bridgehead atoms. The number of hydrogen-bond acceptors (Lipinski definition) is 3. The molecule has 2 aromatic rings. The summed E-state index contributed by atoms with van der Waals surface area (Å²) in [6.07, 6.45) is 0.